The number of likely N-dealkylation sites (tertiary alicyclic amines) is 1. The lowest BCUT2D eigenvalue weighted by atomic mass is 9.92. The van der Waals surface area contributed by atoms with Gasteiger partial charge in [-0.15, -0.1) is 0 Å². The molecular weight excluding hydrogens is 763 g/mol. The van der Waals surface area contributed by atoms with Crippen molar-refractivity contribution in [3.05, 3.63) is 81.5 Å². The average molecular weight is 808 g/mol. The van der Waals surface area contributed by atoms with Crippen LogP contribution in [0, 0.1) is 5.92 Å². The van der Waals surface area contributed by atoms with Crippen molar-refractivity contribution >= 4 is 51.5 Å². The Labute approximate surface area is 332 Å². The van der Waals surface area contributed by atoms with Gasteiger partial charge in [0, 0.05) is 111 Å². The molecule has 3 aliphatic rings. The van der Waals surface area contributed by atoms with Crippen LogP contribution < -0.4 is 25.8 Å². The number of hydrogen-bond donors (Lipinski definition) is 2. The molecule has 0 radical (unpaired) electrons. The molecule has 1 atom stereocenters. The number of anilines is 2. The van der Waals surface area contributed by atoms with Crippen molar-refractivity contribution in [1.29, 1.82) is 0 Å². The third kappa shape index (κ3) is 8.45. The zero-order valence-electron chi connectivity index (χ0n) is 32.0. The summed E-state index contributed by atoms with van der Waals surface area (Å²) < 4.78 is 50.2. The summed E-state index contributed by atoms with van der Waals surface area (Å²) in [5, 5.41) is 6.88. The van der Waals surface area contributed by atoms with Crippen LogP contribution in [-0.2, 0) is 34.2 Å². The molecular formula is C41H45ClF3N7O5. The first kappa shape index (κ1) is 40.1. The molecule has 57 heavy (non-hydrogen) atoms. The Kier molecular flexibility index (Phi) is 11.5. The van der Waals surface area contributed by atoms with Gasteiger partial charge in [0.25, 0.3) is 5.56 Å². The minimum absolute atomic E-state index is 0.00922. The maximum absolute atomic E-state index is 14.3. The topological polar surface area (TPSA) is 129 Å². The summed E-state index contributed by atoms with van der Waals surface area (Å²) in [7, 11) is 5.13. The van der Waals surface area contributed by atoms with Gasteiger partial charge in [-0.25, -0.2) is 0 Å². The number of carbonyl (C=O) groups is 3. The molecule has 2 N–H and O–H groups in total. The van der Waals surface area contributed by atoms with E-state index in [-0.39, 0.29) is 47.6 Å². The molecule has 0 saturated carbocycles. The number of pyridine rings is 2. The molecule has 12 nitrogen and oxygen atoms in total. The van der Waals surface area contributed by atoms with Crippen LogP contribution in [0.1, 0.15) is 49.7 Å². The van der Waals surface area contributed by atoms with Crippen LogP contribution in [-0.4, -0.2) is 89.5 Å². The van der Waals surface area contributed by atoms with Crippen molar-refractivity contribution in [2.24, 2.45) is 13.0 Å². The van der Waals surface area contributed by atoms with Crippen LogP contribution in [0.2, 0.25) is 5.02 Å². The Balaban J connectivity index is 0.948. The number of benzene rings is 2. The first-order valence-corrected chi connectivity index (χ1v) is 19.4. The van der Waals surface area contributed by atoms with E-state index < -0.39 is 29.6 Å². The predicted molar refractivity (Wildman–Crippen MR) is 211 cm³/mol. The van der Waals surface area contributed by atoms with E-state index in [1.165, 1.54) is 16.7 Å². The van der Waals surface area contributed by atoms with Crippen molar-refractivity contribution in [3.8, 4) is 16.9 Å². The molecule has 4 aromatic rings. The second kappa shape index (κ2) is 16.4. The fourth-order valence-electron chi connectivity index (χ4n) is 8.33. The number of nitrogens with one attached hydrogen (secondary N) is 2. The van der Waals surface area contributed by atoms with E-state index in [0.29, 0.717) is 48.6 Å². The van der Waals surface area contributed by atoms with Crippen LogP contribution in [0.15, 0.2) is 59.8 Å². The van der Waals surface area contributed by atoms with Gasteiger partial charge in [-0.2, -0.15) is 13.2 Å². The lowest BCUT2D eigenvalue weighted by Gasteiger charge is -2.40. The minimum Gasteiger partial charge on any atom is -0.496 e. The third-order valence-corrected chi connectivity index (χ3v) is 11.9. The van der Waals surface area contributed by atoms with Gasteiger partial charge in [0.15, 0.2) is 0 Å². The highest BCUT2D eigenvalue weighted by molar-refractivity contribution is 6.32. The van der Waals surface area contributed by atoms with Crippen molar-refractivity contribution < 1.29 is 32.3 Å². The zero-order valence-corrected chi connectivity index (χ0v) is 32.8. The van der Waals surface area contributed by atoms with Gasteiger partial charge in [0.05, 0.1) is 18.1 Å². The summed E-state index contributed by atoms with van der Waals surface area (Å²) in [5.41, 5.74) is 1.72. The number of rotatable bonds is 9. The molecule has 3 saturated heterocycles. The van der Waals surface area contributed by atoms with Crippen LogP contribution in [0.3, 0.4) is 0 Å². The largest absolute Gasteiger partial charge is 0.496 e. The molecule has 0 aliphatic carbocycles. The molecule has 0 spiro atoms. The number of fused-ring (bicyclic) bond motifs is 1. The summed E-state index contributed by atoms with van der Waals surface area (Å²) in [6, 6.07) is 8.79. The Bertz CT molecular complexity index is 2250. The highest BCUT2D eigenvalue weighted by Crippen LogP contribution is 2.41. The van der Waals surface area contributed by atoms with Crippen molar-refractivity contribution in [1.82, 2.24) is 24.7 Å². The maximum Gasteiger partial charge on any atom is 0.418 e. The summed E-state index contributed by atoms with van der Waals surface area (Å²) in [6.45, 7) is 2.60. The Morgan fingerprint density at radius 1 is 1.02 bits per heavy atom. The number of amides is 3. The van der Waals surface area contributed by atoms with Crippen LogP contribution >= 0.6 is 11.6 Å². The van der Waals surface area contributed by atoms with Gasteiger partial charge < -0.3 is 24.4 Å². The number of ether oxygens (including phenoxy) is 1. The lowest BCUT2D eigenvalue weighted by molar-refractivity contribution is -0.139. The first-order valence-electron chi connectivity index (χ1n) is 19.1. The second-order valence-corrected chi connectivity index (χ2v) is 15.5. The monoisotopic (exact) mass is 807 g/mol. The van der Waals surface area contributed by atoms with Gasteiger partial charge >= 0.3 is 6.18 Å². The summed E-state index contributed by atoms with van der Waals surface area (Å²) in [6.07, 6.45) is 3.03. The first-order chi connectivity index (χ1) is 27.2. The van der Waals surface area contributed by atoms with Crippen LogP contribution in [0.25, 0.3) is 21.9 Å². The summed E-state index contributed by atoms with van der Waals surface area (Å²) in [4.78, 5) is 60.0. The number of hydrogen-bond acceptors (Lipinski definition) is 9. The van der Waals surface area contributed by atoms with E-state index in [2.05, 4.69) is 20.5 Å². The molecule has 302 valence electrons. The number of aromatic nitrogens is 2. The van der Waals surface area contributed by atoms with Gasteiger partial charge in [0.1, 0.15) is 11.8 Å². The zero-order chi connectivity index (χ0) is 40.6. The minimum atomic E-state index is -4.64. The molecule has 0 bridgehead atoms. The summed E-state index contributed by atoms with van der Waals surface area (Å²) >= 11 is 6.92. The number of halogens is 4. The molecule has 3 fully saturated rings. The van der Waals surface area contributed by atoms with Gasteiger partial charge in [-0.3, -0.25) is 34.4 Å². The number of methoxy groups -OCH3 is 1. The van der Waals surface area contributed by atoms with E-state index in [0.717, 1.165) is 54.1 Å². The number of piperidine rings is 3. The van der Waals surface area contributed by atoms with Crippen molar-refractivity contribution in [2.75, 3.05) is 50.6 Å². The van der Waals surface area contributed by atoms with Gasteiger partial charge in [-0.1, -0.05) is 11.6 Å². The molecule has 5 heterocycles. The smallest absolute Gasteiger partial charge is 0.418 e. The van der Waals surface area contributed by atoms with Crippen LogP contribution in [0.5, 0.6) is 5.75 Å². The number of carbonyl (C=O) groups excluding carboxylic acids is 3. The summed E-state index contributed by atoms with van der Waals surface area (Å²) in [5.74, 6) is -0.620. The predicted octanol–water partition coefficient (Wildman–Crippen LogP) is 5.84. The Morgan fingerprint density at radius 2 is 1.75 bits per heavy atom. The fraction of sp³-hybridized carbons (Fsp3) is 0.439. The van der Waals surface area contributed by atoms with Gasteiger partial charge in [-0.05, 0) is 79.5 Å². The fourth-order valence-corrected chi connectivity index (χ4v) is 8.60. The average Bonchev–Trinajstić information content (AvgIpc) is 3.20. The molecule has 2 aromatic carbocycles. The highest BCUT2D eigenvalue weighted by Gasteiger charge is 2.38. The quantitative estimate of drug-likeness (QED) is 0.201. The van der Waals surface area contributed by atoms with Crippen LogP contribution in [0.4, 0.5) is 24.5 Å². The maximum atomic E-state index is 14.3. The standard InChI is InChI=1S/C41H45ClF3N7O5/c1-49-22-30(28-8-13-46-21-29(28)40(49)56)25-18-33(42)31(36(19-25)57-3)23-51-14-11-27(12-15-51)50(2)39(55)24-9-16-52(17-10-24)35-6-4-26(20-32(35)41(43,44)45)47-34-5-7-37(53)48-38(34)54/h4,6,8,13,18-22,24,27,34,47H,5,7,9-12,14-17,23H2,1-3H3,(H,48,53,54). The third-order valence-electron chi connectivity index (χ3n) is 11.6. The Hall–Kier alpha value is -5.15. The molecule has 2 aromatic heterocycles. The van der Waals surface area contributed by atoms with E-state index in [1.807, 2.05) is 30.1 Å². The number of nitrogens with zero attached hydrogens (tertiary/aromatic N) is 5. The molecule has 3 aliphatic heterocycles. The molecule has 7 rings (SSSR count). The Morgan fingerprint density at radius 3 is 2.44 bits per heavy atom. The molecule has 3 amide bonds. The number of imide groups is 1. The number of aryl methyl sites for hydroxylation is 1. The van der Waals surface area contributed by atoms with E-state index >= 15 is 0 Å². The second-order valence-electron chi connectivity index (χ2n) is 15.1. The van der Waals surface area contributed by atoms with E-state index in [1.54, 1.807) is 37.6 Å². The molecule has 1 unspecified atom stereocenters. The lowest BCUT2D eigenvalue weighted by Crippen LogP contribution is -2.49. The van der Waals surface area contributed by atoms with Gasteiger partial charge in [0.2, 0.25) is 17.7 Å². The van der Waals surface area contributed by atoms with E-state index in [9.17, 15) is 32.3 Å². The van der Waals surface area contributed by atoms with E-state index in [4.69, 9.17) is 16.3 Å². The van der Waals surface area contributed by atoms with Crippen molar-refractivity contribution in [3.63, 3.8) is 0 Å². The normalized spacial score (nSPS) is 18.8. The van der Waals surface area contributed by atoms with Crippen molar-refractivity contribution in [2.45, 2.75) is 63.3 Å². The number of alkyl halides is 3. The molecule has 16 heteroatoms. The highest BCUT2D eigenvalue weighted by atomic mass is 35.5. The SMILES string of the molecule is COc1cc(-c2cn(C)c(=O)c3cnccc23)cc(Cl)c1CN1CCC(N(C)C(=O)C2CCN(c3ccc(NC4CCC(=O)NC4=O)cc3C(F)(F)F)CC2)CC1.